The Hall–Kier alpha value is -4.03. The lowest BCUT2D eigenvalue weighted by molar-refractivity contribution is 0.0254. The second kappa shape index (κ2) is 10.1. The van der Waals surface area contributed by atoms with Crippen molar-refractivity contribution in [2.75, 3.05) is 32.6 Å². The zero-order chi connectivity index (χ0) is 23.2. The fourth-order valence-corrected chi connectivity index (χ4v) is 3.40. The molecule has 0 radical (unpaired) electrons. The van der Waals surface area contributed by atoms with Crippen LogP contribution < -0.4 is 10.1 Å². The number of rotatable bonds is 6. The Morgan fingerprint density at radius 2 is 2.00 bits per heavy atom. The number of pyridine rings is 1. The van der Waals surface area contributed by atoms with Gasteiger partial charge in [-0.05, 0) is 36.4 Å². The molecule has 1 aromatic carbocycles. The van der Waals surface area contributed by atoms with Crippen molar-refractivity contribution in [3.05, 3.63) is 59.9 Å². The number of anilines is 2. The Morgan fingerprint density at radius 1 is 1.18 bits per heavy atom. The van der Waals surface area contributed by atoms with Crippen LogP contribution in [0.5, 0.6) is 5.75 Å². The number of hydrogen-bond donors (Lipinski definition) is 1. The third-order valence-electron chi connectivity index (χ3n) is 5.17. The number of nitriles is 1. The van der Waals surface area contributed by atoms with Crippen LogP contribution in [0.2, 0.25) is 0 Å². The first-order chi connectivity index (χ1) is 16.0. The molecule has 3 heterocycles. The molecule has 1 aliphatic heterocycles. The lowest BCUT2D eigenvalue weighted by atomic mass is 10.1. The maximum Gasteiger partial charge on any atom is 0.254 e. The summed E-state index contributed by atoms with van der Waals surface area (Å²) in [6, 6.07) is 12.8. The van der Waals surface area contributed by atoms with Crippen LogP contribution in [0.25, 0.3) is 11.3 Å². The third kappa shape index (κ3) is 5.42. The lowest BCUT2D eigenvalue weighted by Crippen LogP contribution is -2.26. The first-order valence-electron chi connectivity index (χ1n) is 10.6. The molecule has 0 unspecified atom stereocenters. The molecule has 1 aliphatic rings. The molecule has 1 saturated heterocycles. The average molecular weight is 444 g/mol. The van der Waals surface area contributed by atoms with Crippen LogP contribution in [0.4, 0.5) is 11.8 Å². The third-order valence-corrected chi connectivity index (χ3v) is 5.17. The van der Waals surface area contributed by atoms with E-state index in [-0.39, 0.29) is 12.0 Å². The van der Waals surface area contributed by atoms with E-state index in [2.05, 4.69) is 26.3 Å². The van der Waals surface area contributed by atoms with Crippen LogP contribution >= 0.6 is 0 Å². The number of carbonyl (C=O) groups excluding carboxylic acids is 1. The topological polar surface area (TPSA) is 113 Å². The summed E-state index contributed by atoms with van der Waals surface area (Å²) in [7, 11) is 3.38. The fraction of sp³-hybridized carbons (Fsp3) is 0.292. The number of carbonyl (C=O) groups is 1. The molecule has 2 aromatic heterocycles. The van der Waals surface area contributed by atoms with E-state index in [0.29, 0.717) is 47.6 Å². The van der Waals surface area contributed by atoms with E-state index in [0.717, 1.165) is 18.4 Å². The van der Waals surface area contributed by atoms with E-state index in [1.807, 2.05) is 6.07 Å². The molecule has 1 amide bonds. The molecule has 33 heavy (non-hydrogen) atoms. The summed E-state index contributed by atoms with van der Waals surface area (Å²) in [5.74, 6) is 1.31. The minimum Gasteiger partial charge on any atom is -0.489 e. The minimum atomic E-state index is -0.121. The van der Waals surface area contributed by atoms with Crippen molar-refractivity contribution in [3.63, 3.8) is 0 Å². The van der Waals surface area contributed by atoms with Gasteiger partial charge in [0.25, 0.3) is 5.91 Å². The first-order valence-corrected chi connectivity index (χ1v) is 10.6. The van der Waals surface area contributed by atoms with E-state index in [9.17, 15) is 10.1 Å². The Morgan fingerprint density at radius 3 is 2.70 bits per heavy atom. The highest BCUT2D eigenvalue weighted by Gasteiger charge is 2.17. The standard InChI is InChI=1S/C24H24N6O3/c1-30(2)23(31)17-4-6-22(27-15-17)29-24-26-10-7-20(28-24)16-3-5-21(18(13-16)14-25)33-19-8-11-32-12-9-19/h3-7,10,13,15,19H,8-9,11-12H2,1-2H3,(H,26,27,28,29). The molecule has 9 heteroatoms. The maximum absolute atomic E-state index is 12.0. The summed E-state index contributed by atoms with van der Waals surface area (Å²) >= 11 is 0. The largest absolute Gasteiger partial charge is 0.489 e. The van der Waals surface area contributed by atoms with Crippen molar-refractivity contribution >= 4 is 17.7 Å². The van der Waals surface area contributed by atoms with Crippen molar-refractivity contribution in [2.45, 2.75) is 18.9 Å². The minimum absolute atomic E-state index is 0.0541. The van der Waals surface area contributed by atoms with Crippen molar-refractivity contribution < 1.29 is 14.3 Å². The second-order valence-electron chi connectivity index (χ2n) is 7.77. The van der Waals surface area contributed by atoms with E-state index in [1.165, 1.54) is 11.1 Å². The molecule has 4 rings (SSSR count). The van der Waals surface area contributed by atoms with Gasteiger partial charge in [0.2, 0.25) is 5.95 Å². The van der Waals surface area contributed by atoms with Gasteiger partial charge in [0.05, 0.1) is 30.0 Å². The summed E-state index contributed by atoms with van der Waals surface area (Å²) in [5, 5.41) is 12.7. The Kier molecular flexibility index (Phi) is 6.76. The Bertz CT molecular complexity index is 1170. The normalized spacial score (nSPS) is 13.7. The summed E-state index contributed by atoms with van der Waals surface area (Å²) in [4.78, 5) is 26.6. The molecule has 168 valence electrons. The zero-order valence-electron chi connectivity index (χ0n) is 18.5. The summed E-state index contributed by atoms with van der Waals surface area (Å²) in [5.41, 5.74) is 2.37. The van der Waals surface area contributed by atoms with Crippen LogP contribution in [0.3, 0.4) is 0 Å². The molecule has 3 aromatic rings. The van der Waals surface area contributed by atoms with Crippen LogP contribution in [0.1, 0.15) is 28.8 Å². The molecule has 0 bridgehead atoms. The number of amides is 1. The summed E-state index contributed by atoms with van der Waals surface area (Å²) in [6.45, 7) is 1.34. The zero-order valence-corrected chi connectivity index (χ0v) is 18.5. The molecule has 9 nitrogen and oxygen atoms in total. The molecule has 0 spiro atoms. The van der Waals surface area contributed by atoms with Gasteiger partial charge in [0.1, 0.15) is 23.7 Å². The SMILES string of the molecule is CN(C)C(=O)c1ccc(Nc2nccc(-c3ccc(OC4CCOCC4)c(C#N)c3)n2)nc1. The molecular weight excluding hydrogens is 420 g/mol. The number of nitrogens with one attached hydrogen (secondary N) is 1. The van der Waals surface area contributed by atoms with Gasteiger partial charge in [-0.25, -0.2) is 15.0 Å². The Balaban J connectivity index is 1.50. The highest BCUT2D eigenvalue weighted by Crippen LogP contribution is 2.28. The number of nitrogens with zero attached hydrogens (tertiary/aromatic N) is 5. The molecule has 1 fully saturated rings. The van der Waals surface area contributed by atoms with E-state index < -0.39 is 0 Å². The van der Waals surface area contributed by atoms with E-state index in [4.69, 9.17) is 9.47 Å². The van der Waals surface area contributed by atoms with Gasteiger partial charge in [-0.15, -0.1) is 0 Å². The monoisotopic (exact) mass is 444 g/mol. The van der Waals surface area contributed by atoms with Gasteiger partial charge in [-0.1, -0.05) is 0 Å². The van der Waals surface area contributed by atoms with Gasteiger partial charge in [-0.3, -0.25) is 4.79 Å². The number of aromatic nitrogens is 3. The lowest BCUT2D eigenvalue weighted by Gasteiger charge is -2.23. The highest BCUT2D eigenvalue weighted by atomic mass is 16.5. The predicted octanol–water partition coefficient (Wildman–Crippen LogP) is 3.41. The first kappa shape index (κ1) is 22.2. The summed E-state index contributed by atoms with van der Waals surface area (Å²) < 4.78 is 11.4. The number of ether oxygens (including phenoxy) is 2. The smallest absolute Gasteiger partial charge is 0.254 e. The van der Waals surface area contributed by atoms with E-state index >= 15 is 0 Å². The van der Waals surface area contributed by atoms with Crippen molar-refractivity contribution in [1.82, 2.24) is 19.9 Å². The van der Waals surface area contributed by atoms with Crippen molar-refractivity contribution in [3.8, 4) is 23.1 Å². The van der Waals surface area contributed by atoms with Crippen LogP contribution in [0, 0.1) is 11.3 Å². The van der Waals surface area contributed by atoms with Crippen molar-refractivity contribution in [2.24, 2.45) is 0 Å². The summed E-state index contributed by atoms with van der Waals surface area (Å²) in [6.07, 6.45) is 4.81. The van der Waals surface area contributed by atoms with Gasteiger partial charge in [0.15, 0.2) is 0 Å². The predicted molar refractivity (Wildman–Crippen MR) is 122 cm³/mol. The molecular formula is C24H24N6O3. The van der Waals surface area contributed by atoms with Gasteiger partial charge in [0, 0.05) is 44.9 Å². The van der Waals surface area contributed by atoms with Crippen LogP contribution in [-0.4, -0.2) is 59.2 Å². The fourth-order valence-electron chi connectivity index (χ4n) is 3.40. The Labute approximate surface area is 192 Å². The quantitative estimate of drug-likeness (QED) is 0.615. The van der Waals surface area contributed by atoms with Gasteiger partial charge in [-0.2, -0.15) is 5.26 Å². The molecule has 0 atom stereocenters. The van der Waals surface area contributed by atoms with Crippen molar-refractivity contribution in [1.29, 1.82) is 5.26 Å². The van der Waals surface area contributed by atoms with Gasteiger partial charge >= 0.3 is 0 Å². The van der Waals surface area contributed by atoms with E-state index in [1.54, 1.807) is 50.6 Å². The number of benzene rings is 1. The average Bonchev–Trinajstić information content (AvgIpc) is 2.85. The highest BCUT2D eigenvalue weighted by molar-refractivity contribution is 5.93. The molecule has 0 aliphatic carbocycles. The van der Waals surface area contributed by atoms with Crippen LogP contribution in [-0.2, 0) is 4.74 Å². The molecule has 0 saturated carbocycles. The maximum atomic E-state index is 12.0. The molecule has 1 N–H and O–H groups in total. The van der Waals surface area contributed by atoms with Gasteiger partial charge < -0.3 is 19.7 Å². The second-order valence-corrected chi connectivity index (χ2v) is 7.77. The van der Waals surface area contributed by atoms with Crippen LogP contribution in [0.15, 0.2) is 48.8 Å². The number of hydrogen-bond acceptors (Lipinski definition) is 8.